The largest absolute Gasteiger partial charge is 0.334 e. The van der Waals surface area contributed by atoms with Crippen LogP contribution in [0.2, 0.25) is 0 Å². The molecular weight excluding hydrogens is 423 g/mol. The van der Waals surface area contributed by atoms with Gasteiger partial charge in [-0.3, -0.25) is 4.98 Å². The number of aromatic nitrogens is 5. The summed E-state index contributed by atoms with van der Waals surface area (Å²) in [6, 6.07) is 7.95. The van der Waals surface area contributed by atoms with Crippen LogP contribution < -0.4 is 5.32 Å². The molecule has 30 heavy (non-hydrogen) atoms. The molecule has 0 spiro atoms. The molecule has 0 saturated carbocycles. The fourth-order valence-corrected chi connectivity index (χ4v) is 3.79. The van der Waals surface area contributed by atoms with Gasteiger partial charge in [-0.1, -0.05) is 23.4 Å². The molecule has 9 heteroatoms. The number of benzene rings is 1. The molecular formula is C21H22Cl2N6O. The summed E-state index contributed by atoms with van der Waals surface area (Å²) < 4.78 is 7.67. The van der Waals surface area contributed by atoms with E-state index in [2.05, 4.69) is 20.4 Å². The molecule has 0 fully saturated rings. The summed E-state index contributed by atoms with van der Waals surface area (Å²) in [5, 5.41) is 7.69. The summed E-state index contributed by atoms with van der Waals surface area (Å²) in [7, 11) is 1.97. The lowest BCUT2D eigenvalue weighted by molar-refractivity contribution is 0.432. The molecule has 1 N–H and O–H groups in total. The quantitative estimate of drug-likeness (QED) is 0.514. The van der Waals surface area contributed by atoms with Crippen LogP contribution in [0.25, 0.3) is 34.2 Å². The number of aryl methyl sites for hydroxylation is 2. The zero-order valence-corrected chi connectivity index (χ0v) is 18.3. The lowest BCUT2D eigenvalue weighted by Gasteiger charge is -2.19. The van der Waals surface area contributed by atoms with Crippen LogP contribution in [0.5, 0.6) is 0 Å². The molecule has 1 aliphatic heterocycles. The highest BCUT2D eigenvalue weighted by atomic mass is 35.5. The van der Waals surface area contributed by atoms with E-state index in [1.165, 1.54) is 11.1 Å². The first-order chi connectivity index (χ1) is 13.7. The maximum atomic E-state index is 5.69. The van der Waals surface area contributed by atoms with E-state index < -0.39 is 0 Å². The van der Waals surface area contributed by atoms with Crippen molar-refractivity contribution >= 4 is 24.8 Å². The molecule has 7 nitrogen and oxygen atoms in total. The average Bonchev–Trinajstić information content (AvgIpc) is 3.37. The molecule has 0 saturated heterocycles. The van der Waals surface area contributed by atoms with Gasteiger partial charge in [-0.25, -0.2) is 4.98 Å². The number of fused-ring (bicyclic) bond motifs is 1. The van der Waals surface area contributed by atoms with Gasteiger partial charge in [0.05, 0.1) is 5.56 Å². The molecule has 156 valence electrons. The zero-order valence-electron chi connectivity index (χ0n) is 16.6. The third kappa shape index (κ3) is 3.71. The number of hydrogen-bond donors (Lipinski definition) is 1. The Bertz CT molecular complexity index is 1170. The number of nitrogens with one attached hydrogen (secondary N) is 1. The number of hydrogen-bond acceptors (Lipinski definition) is 6. The van der Waals surface area contributed by atoms with E-state index in [-0.39, 0.29) is 24.8 Å². The maximum absolute atomic E-state index is 5.69. The van der Waals surface area contributed by atoms with Crippen molar-refractivity contribution in [3.05, 3.63) is 59.7 Å². The Kier molecular flexibility index (Phi) is 6.55. The van der Waals surface area contributed by atoms with E-state index in [0.29, 0.717) is 11.7 Å². The van der Waals surface area contributed by atoms with E-state index >= 15 is 0 Å². The molecule has 0 radical (unpaired) electrons. The molecule has 0 atom stereocenters. The van der Waals surface area contributed by atoms with Crippen molar-refractivity contribution in [2.75, 3.05) is 6.54 Å². The molecule has 4 heterocycles. The van der Waals surface area contributed by atoms with Gasteiger partial charge in [0.2, 0.25) is 5.82 Å². The third-order valence-electron chi connectivity index (χ3n) is 5.20. The average molecular weight is 445 g/mol. The summed E-state index contributed by atoms with van der Waals surface area (Å²) in [5.41, 5.74) is 6.20. The lowest BCUT2D eigenvalue weighted by atomic mass is 9.95. The van der Waals surface area contributed by atoms with Crippen molar-refractivity contribution in [3.8, 4) is 34.2 Å². The Balaban J connectivity index is 0.00000128. The van der Waals surface area contributed by atoms with Gasteiger partial charge in [0, 0.05) is 49.0 Å². The number of pyridine rings is 1. The van der Waals surface area contributed by atoms with Crippen molar-refractivity contribution in [1.82, 2.24) is 30.0 Å². The van der Waals surface area contributed by atoms with Crippen LogP contribution in [0.3, 0.4) is 0 Å². The second kappa shape index (κ2) is 8.95. The smallest absolute Gasteiger partial charge is 0.258 e. The fraction of sp³-hybridized carbons (Fsp3) is 0.238. The molecule has 3 aromatic heterocycles. The highest BCUT2D eigenvalue weighted by molar-refractivity contribution is 5.85. The van der Waals surface area contributed by atoms with Crippen molar-refractivity contribution in [2.24, 2.45) is 7.05 Å². The Morgan fingerprint density at radius 1 is 1.10 bits per heavy atom. The van der Waals surface area contributed by atoms with Gasteiger partial charge in [0.15, 0.2) is 0 Å². The van der Waals surface area contributed by atoms with Crippen LogP contribution in [0.15, 0.2) is 47.4 Å². The van der Waals surface area contributed by atoms with Gasteiger partial charge >= 0.3 is 0 Å². The van der Waals surface area contributed by atoms with Crippen LogP contribution in [0.4, 0.5) is 0 Å². The minimum atomic E-state index is 0. The summed E-state index contributed by atoms with van der Waals surface area (Å²) >= 11 is 0. The van der Waals surface area contributed by atoms with Crippen LogP contribution in [0, 0.1) is 6.92 Å². The van der Waals surface area contributed by atoms with Gasteiger partial charge in [-0.2, -0.15) is 4.98 Å². The molecule has 0 bridgehead atoms. The standard InChI is InChI=1S/C21H20N6O.2ClH/c1-13-18(15-7-8-22-11-14(15)12-24-13)19-25-21(28-26-19)17-6-4-3-5-16(17)20-23-9-10-27(20)2;;/h3-6,9-10,12,22H,7-8,11H2,1-2H3;2*1H. The molecule has 4 aromatic rings. The van der Waals surface area contributed by atoms with Crippen molar-refractivity contribution in [3.63, 3.8) is 0 Å². The minimum Gasteiger partial charge on any atom is -0.334 e. The van der Waals surface area contributed by atoms with Gasteiger partial charge < -0.3 is 14.4 Å². The summed E-state index contributed by atoms with van der Waals surface area (Å²) in [4.78, 5) is 13.8. The number of nitrogens with zero attached hydrogens (tertiary/aromatic N) is 5. The third-order valence-corrected chi connectivity index (χ3v) is 5.20. The molecule has 1 aromatic carbocycles. The Hall–Kier alpha value is -2.74. The number of halogens is 2. The summed E-state index contributed by atoms with van der Waals surface area (Å²) in [6.45, 7) is 3.76. The van der Waals surface area contributed by atoms with E-state index in [1.54, 1.807) is 6.20 Å². The predicted molar refractivity (Wildman–Crippen MR) is 120 cm³/mol. The minimum absolute atomic E-state index is 0. The Morgan fingerprint density at radius 3 is 2.67 bits per heavy atom. The van der Waals surface area contributed by atoms with Crippen LogP contribution >= 0.6 is 24.8 Å². The van der Waals surface area contributed by atoms with E-state index in [4.69, 9.17) is 9.51 Å². The topological polar surface area (TPSA) is 81.7 Å². The monoisotopic (exact) mass is 444 g/mol. The van der Waals surface area contributed by atoms with E-state index in [0.717, 1.165) is 47.7 Å². The highest BCUT2D eigenvalue weighted by Gasteiger charge is 2.22. The van der Waals surface area contributed by atoms with Crippen molar-refractivity contribution in [1.29, 1.82) is 0 Å². The van der Waals surface area contributed by atoms with E-state index in [9.17, 15) is 0 Å². The molecule has 1 aliphatic rings. The highest BCUT2D eigenvalue weighted by Crippen LogP contribution is 2.33. The fourth-order valence-electron chi connectivity index (χ4n) is 3.79. The zero-order chi connectivity index (χ0) is 19.1. The Morgan fingerprint density at radius 2 is 1.90 bits per heavy atom. The molecule has 0 aliphatic carbocycles. The van der Waals surface area contributed by atoms with Gasteiger partial charge in [0.1, 0.15) is 5.82 Å². The van der Waals surface area contributed by atoms with Crippen LogP contribution in [-0.2, 0) is 20.0 Å². The number of rotatable bonds is 3. The van der Waals surface area contributed by atoms with Crippen molar-refractivity contribution in [2.45, 2.75) is 19.9 Å². The molecule has 5 rings (SSSR count). The first kappa shape index (κ1) is 22.0. The normalized spacial score (nSPS) is 12.6. The predicted octanol–water partition coefficient (Wildman–Crippen LogP) is 4.00. The first-order valence-corrected chi connectivity index (χ1v) is 9.31. The van der Waals surface area contributed by atoms with Gasteiger partial charge in [0.25, 0.3) is 5.89 Å². The van der Waals surface area contributed by atoms with Crippen molar-refractivity contribution < 1.29 is 4.52 Å². The molecule has 0 amide bonds. The van der Waals surface area contributed by atoms with Crippen LogP contribution in [0.1, 0.15) is 16.8 Å². The van der Waals surface area contributed by atoms with Crippen LogP contribution in [-0.4, -0.2) is 31.2 Å². The van der Waals surface area contributed by atoms with Gasteiger partial charge in [-0.15, -0.1) is 24.8 Å². The van der Waals surface area contributed by atoms with E-state index in [1.807, 2.05) is 55.2 Å². The SMILES string of the molecule is Cc1ncc2c(c1-c1noc(-c3ccccc3-c3nccn3C)n1)CCNC2.Cl.Cl. The Labute approximate surface area is 186 Å². The second-order valence-corrected chi connectivity index (χ2v) is 6.98. The number of imidazole rings is 1. The summed E-state index contributed by atoms with van der Waals surface area (Å²) in [6.07, 6.45) is 6.58. The maximum Gasteiger partial charge on any atom is 0.258 e. The molecule has 0 unspecified atom stereocenters. The second-order valence-electron chi connectivity index (χ2n) is 6.98. The first-order valence-electron chi connectivity index (χ1n) is 9.31. The van der Waals surface area contributed by atoms with Gasteiger partial charge in [-0.05, 0) is 37.1 Å². The lowest BCUT2D eigenvalue weighted by Crippen LogP contribution is -2.24. The summed E-state index contributed by atoms with van der Waals surface area (Å²) in [5.74, 6) is 1.93.